The van der Waals surface area contributed by atoms with Crippen molar-refractivity contribution in [1.82, 2.24) is 4.90 Å². The van der Waals surface area contributed by atoms with E-state index in [9.17, 15) is 9.59 Å². The van der Waals surface area contributed by atoms with Crippen molar-refractivity contribution in [2.45, 2.75) is 25.9 Å². The lowest BCUT2D eigenvalue weighted by molar-refractivity contribution is -0.132. The molecule has 5 rings (SSSR count). The molecule has 3 aromatic rings. The van der Waals surface area contributed by atoms with E-state index in [1.54, 1.807) is 4.90 Å². The largest absolute Gasteiger partial charge is 0.483 e. The molecule has 0 aromatic heterocycles. The molecule has 2 heterocycles. The number of fused-ring (bicyclic) bond motifs is 1. The van der Waals surface area contributed by atoms with E-state index in [4.69, 9.17) is 4.74 Å². The van der Waals surface area contributed by atoms with Gasteiger partial charge in [0.05, 0.1) is 5.56 Å². The molecule has 1 atom stereocenters. The minimum atomic E-state index is -0.479. The molecule has 0 saturated carbocycles. The number of carbonyl (C=O) groups is 2. The molecule has 6 nitrogen and oxygen atoms in total. The Kier molecular flexibility index (Phi) is 5.73. The van der Waals surface area contributed by atoms with Crippen LogP contribution in [0.4, 0.5) is 11.4 Å². The number of carbonyl (C=O) groups excluding carboxylic acids is 2. The van der Waals surface area contributed by atoms with E-state index >= 15 is 0 Å². The van der Waals surface area contributed by atoms with Gasteiger partial charge in [-0.05, 0) is 50.1 Å². The summed E-state index contributed by atoms with van der Waals surface area (Å²) in [5.41, 5.74) is 4.11. The van der Waals surface area contributed by atoms with Gasteiger partial charge in [-0.25, -0.2) is 0 Å². The Bertz CT molecular complexity index is 1170. The fourth-order valence-electron chi connectivity index (χ4n) is 4.48. The molecule has 1 N–H and O–H groups in total. The van der Waals surface area contributed by atoms with Crippen molar-refractivity contribution in [3.05, 3.63) is 89.5 Å². The molecular weight excluding hydrogens is 414 g/mol. The highest BCUT2D eigenvalue weighted by Crippen LogP contribution is 2.39. The van der Waals surface area contributed by atoms with Crippen LogP contribution < -0.4 is 15.0 Å². The third-order valence-corrected chi connectivity index (χ3v) is 6.26. The Morgan fingerprint density at radius 2 is 1.67 bits per heavy atom. The molecule has 1 fully saturated rings. The van der Waals surface area contributed by atoms with Gasteiger partial charge in [-0.3, -0.25) is 14.5 Å². The Hall–Kier alpha value is -3.80. The van der Waals surface area contributed by atoms with Gasteiger partial charge >= 0.3 is 0 Å². The van der Waals surface area contributed by atoms with Crippen LogP contribution in [0.1, 0.15) is 40.5 Å². The molecule has 0 aliphatic carbocycles. The van der Waals surface area contributed by atoms with Crippen molar-refractivity contribution in [2.75, 3.05) is 29.9 Å². The molecular formula is C27H27N3O3. The summed E-state index contributed by atoms with van der Waals surface area (Å²) in [6.07, 6.45) is 1.61. The number of rotatable bonds is 5. The predicted molar refractivity (Wildman–Crippen MR) is 129 cm³/mol. The van der Waals surface area contributed by atoms with Gasteiger partial charge in [0.25, 0.3) is 11.8 Å². The minimum absolute atomic E-state index is 0.00396. The smallest absolute Gasteiger partial charge is 0.262 e. The second-order valence-electron chi connectivity index (χ2n) is 8.52. The third kappa shape index (κ3) is 4.16. The molecule has 3 aromatic carbocycles. The number of aryl methyl sites for hydroxylation is 1. The van der Waals surface area contributed by atoms with E-state index in [-0.39, 0.29) is 18.4 Å². The maximum Gasteiger partial charge on any atom is 0.262 e. The second kappa shape index (κ2) is 8.98. The summed E-state index contributed by atoms with van der Waals surface area (Å²) in [7, 11) is 0. The maximum atomic E-state index is 13.6. The number of ether oxygens (including phenoxy) is 1. The number of amides is 2. The normalized spacial score (nSPS) is 17.5. The number of hydrogen-bond donors (Lipinski definition) is 1. The zero-order valence-electron chi connectivity index (χ0n) is 18.7. The molecule has 168 valence electrons. The fourth-order valence-corrected chi connectivity index (χ4v) is 4.48. The number of nitrogens with one attached hydrogen (secondary N) is 1. The molecule has 0 unspecified atom stereocenters. The van der Waals surface area contributed by atoms with Gasteiger partial charge in [-0.15, -0.1) is 0 Å². The molecule has 6 heteroatoms. The summed E-state index contributed by atoms with van der Waals surface area (Å²) >= 11 is 0. The van der Waals surface area contributed by atoms with E-state index in [0.717, 1.165) is 48.4 Å². The SMILES string of the molecule is Cc1ccc(N2C(=O)c3ccccc3N[C@@H]2c2ccccc2OCC(=O)N2CCCC2)cc1. The fraction of sp³-hybridized carbons (Fsp3) is 0.259. The topological polar surface area (TPSA) is 61.9 Å². The van der Waals surface area contributed by atoms with Crippen LogP contribution in [0, 0.1) is 6.92 Å². The Morgan fingerprint density at radius 1 is 0.970 bits per heavy atom. The van der Waals surface area contributed by atoms with E-state index in [1.165, 1.54) is 0 Å². The van der Waals surface area contributed by atoms with E-state index in [2.05, 4.69) is 5.32 Å². The van der Waals surface area contributed by atoms with Crippen LogP contribution in [-0.2, 0) is 4.79 Å². The van der Waals surface area contributed by atoms with Crippen molar-refractivity contribution >= 4 is 23.2 Å². The van der Waals surface area contributed by atoms with Crippen molar-refractivity contribution in [3.63, 3.8) is 0 Å². The van der Waals surface area contributed by atoms with Gasteiger partial charge < -0.3 is 15.0 Å². The number of hydrogen-bond acceptors (Lipinski definition) is 4. The Morgan fingerprint density at radius 3 is 2.45 bits per heavy atom. The van der Waals surface area contributed by atoms with Crippen LogP contribution >= 0.6 is 0 Å². The van der Waals surface area contributed by atoms with Crippen molar-refractivity contribution in [1.29, 1.82) is 0 Å². The van der Waals surface area contributed by atoms with Crippen LogP contribution in [0.25, 0.3) is 0 Å². The lowest BCUT2D eigenvalue weighted by Gasteiger charge is -2.38. The first-order valence-electron chi connectivity index (χ1n) is 11.4. The Balaban J connectivity index is 1.50. The summed E-state index contributed by atoms with van der Waals surface area (Å²) in [5.74, 6) is 0.503. The predicted octanol–water partition coefficient (Wildman–Crippen LogP) is 4.77. The second-order valence-corrected chi connectivity index (χ2v) is 8.52. The molecule has 0 radical (unpaired) electrons. The first kappa shape index (κ1) is 21.1. The van der Waals surface area contributed by atoms with Gasteiger partial charge in [-0.2, -0.15) is 0 Å². The van der Waals surface area contributed by atoms with E-state index < -0.39 is 6.17 Å². The average Bonchev–Trinajstić information content (AvgIpc) is 3.39. The summed E-state index contributed by atoms with van der Waals surface area (Å²) in [5, 5.41) is 3.52. The molecule has 0 spiro atoms. The molecule has 33 heavy (non-hydrogen) atoms. The van der Waals surface area contributed by atoms with E-state index in [1.807, 2.05) is 84.6 Å². The highest BCUT2D eigenvalue weighted by molar-refractivity contribution is 6.12. The minimum Gasteiger partial charge on any atom is -0.483 e. The van der Waals surface area contributed by atoms with Gasteiger partial charge in [0.1, 0.15) is 11.9 Å². The van der Waals surface area contributed by atoms with Crippen LogP contribution in [0.5, 0.6) is 5.75 Å². The standard InChI is InChI=1S/C27H27N3O3/c1-19-12-14-20(15-13-19)30-26(28-23-10-4-2-8-21(23)27(30)32)22-9-3-5-11-24(22)33-18-25(31)29-16-6-7-17-29/h2-5,8-15,26,28H,6-7,16-18H2,1H3/t26-/m0/s1. The van der Waals surface area contributed by atoms with Crippen molar-refractivity contribution in [2.24, 2.45) is 0 Å². The third-order valence-electron chi connectivity index (χ3n) is 6.26. The highest BCUT2D eigenvalue weighted by Gasteiger charge is 2.35. The zero-order chi connectivity index (χ0) is 22.8. The molecule has 1 saturated heterocycles. The first-order chi connectivity index (χ1) is 16.1. The maximum absolute atomic E-state index is 13.6. The molecule has 2 aliphatic heterocycles. The monoisotopic (exact) mass is 441 g/mol. The number of nitrogens with zero attached hydrogens (tertiary/aromatic N) is 2. The van der Waals surface area contributed by atoms with Crippen molar-refractivity contribution < 1.29 is 14.3 Å². The average molecular weight is 442 g/mol. The van der Waals surface area contributed by atoms with Crippen LogP contribution in [-0.4, -0.2) is 36.4 Å². The first-order valence-corrected chi connectivity index (χ1v) is 11.4. The quantitative estimate of drug-likeness (QED) is 0.620. The zero-order valence-corrected chi connectivity index (χ0v) is 18.7. The number of anilines is 2. The van der Waals surface area contributed by atoms with Gasteiger partial charge in [0.2, 0.25) is 0 Å². The Labute approximate surface area is 193 Å². The van der Waals surface area contributed by atoms with Crippen LogP contribution in [0.2, 0.25) is 0 Å². The van der Waals surface area contributed by atoms with Crippen LogP contribution in [0.15, 0.2) is 72.8 Å². The lowest BCUT2D eigenvalue weighted by Crippen LogP contribution is -2.43. The summed E-state index contributed by atoms with van der Waals surface area (Å²) in [6, 6.07) is 23.0. The summed E-state index contributed by atoms with van der Waals surface area (Å²) in [6.45, 7) is 3.59. The number of para-hydroxylation sites is 2. The summed E-state index contributed by atoms with van der Waals surface area (Å²) in [4.78, 5) is 29.8. The van der Waals surface area contributed by atoms with Gasteiger partial charge in [-0.1, -0.05) is 48.0 Å². The highest BCUT2D eigenvalue weighted by atomic mass is 16.5. The molecule has 0 bridgehead atoms. The van der Waals surface area contributed by atoms with Gasteiger partial charge in [0, 0.05) is 30.0 Å². The van der Waals surface area contributed by atoms with Gasteiger partial charge in [0.15, 0.2) is 6.61 Å². The van der Waals surface area contributed by atoms with Crippen molar-refractivity contribution in [3.8, 4) is 5.75 Å². The summed E-state index contributed by atoms with van der Waals surface area (Å²) < 4.78 is 6.02. The van der Waals surface area contributed by atoms with Crippen LogP contribution in [0.3, 0.4) is 0 Å². The lowest BCUT2D eigenvalue weighted by atomic mass is 10.0. The number of likely N-dealkylation sites (tertiary alicyclic amines) is 1. The molecule has 2 amide bonds. The number of benzene rings is 3. The molecule has 2 aliphatic rings. The van der Waals surface area contributed by atoms with E-state index in [0.29, 0.717) is 11.3 Å².